The highest BCUT2D eigenvalue weighted by molar-refractivity contribution is 5.13. The molecule has 0 radical (unpaired) electrons. The van der Waals surface area contributed by atoms with Crippen LogP contribution in [-0.4, -0.2) is 25.1 Å². The molecule has 0 amide bonds. The molecule has 1 aromatic rings. The predicted octanol–water partition coefficient (Wildman–Crippen LogP) is 7.91. The van der Waals surface area contributed by atoms with Gasteiger partial charge in [-0.2, -0.15) is 0 Å². The Balaban J connectivity index is 1.90. The number of quaternary nitrogens is 1. The Hall–Kier alpha value is -1.08. The monoisotopic (exact) mass is 372 g/mol. The molecule has 1 rings (SSSR count). The zero-order valence-electron chi connectivity index (χ0n) is 18.6. The van der Waals surface area contributed by atoms with E-state index in [4.69, 9.17) is 0 Å². The molecule has 0 aromatic heterocycles. The van der Waals surface area contributed by atoms with E-state index in [-0.39, 0.29) is 0 Å². The molecule has 0 saturated heterocycles. The van der Waals surface area contributed by atoms with Crippen molar-refractivity contribution in [1.29, 1.82) is 0 Å². The second kappa shape index (κ2) is 15.9. The summed E-state index contributed by atoms with van der Waals surface area (Å²) in [6.45, 7) is 4.72. The number of allylic oxidation sites excluding steroid dienone is 2. The van der Waals surface area contributed by atoms with Crippen LogP contribution < -0.4 is 0 Å². The van der Waals surface area contributed by atoms with E-state index in [2.05, 4.69) is 63.5 Å². The van der Waals surface area contributed by atoms with Crippen LogP contribution in [0.3, 0.4) is 0 Å². The first kappa shape index (κ1) is 24.0. The van der Waals surface area contributed by atoms with Gasteiger partial charge in [0, 0.05) is 5.56 Å². The van der Waals surface area contributed by atoms with Gasteiger partial charge in [0.1, 0.15) is 6.54 Å². The molecule has 1 nitrogen and oxygen atoms in total. The second-order valence-electron chi connectivity index (χ2n) is 8.89. The van der Waals surface area contributed by atoms with Gasteiger partial charge in [0.05, 0.1) is 20.6 Å². The largest absolute Gasteiger partial charge is 0.325 e. The zero-order chi connectivity index (χ0) is 19.6. The highest BCUT2D eigenvalue weighted by Crippen LogP contribution is 2.13. The fourth-order valence-corrected chi connectivity index (χ4v) is 3.77. The lowest BCUT2D eigenvalue weighted by Crippen LogP contribution is -2.39. The van der Waals surface area contributed by atoms with Crippen LogP contribution in [0.2, 0.25) is 0 Å². The first-order chi connectivity index (χ1) is 13.1. The minimum atomic E-state index is 1.10. The van der Waals surface area contributed by atoms with Crippen LogP contribution in [-0.2, 0) is 6.54 Å². The van der Waals surface area contributed by atoms with Crippen molar-refractivity contribution in [1.82, 2.24) is 0 Å². The van der Waals surface area contributed by atoms with Crippen molar-refractivity contribution in [2.45, 2.75) is 96.9 Å². The Bertz CT molecular complexity index is 460. The molecule has 0 aliphatic carbocycles. The van der Waals surface area contributed by atoms with Gasteiger partial charge >= 0.3 is 0 Å². The molecule has 0 unspecified atom stereocenters. The summed E-state index contributed by atoms with van der Waals surface area (Å²) in [7, 11) is 4.73. The summed E-state index contributed by atoms with van der Waals surface area (Å²) < 4.78 is 1.10. The minimum Gasteiger partial charge on any atom is -0.325 e. The maximum absolute atomic E-state index is 2.42. The summed E-state index contributed by atoms with van der Waals surface area (Å²) in [6, 6.07) is 10.9. The molecule has 0 aliphatic heterocycles. The number of nitrogens with zero attached hydrogens (tertiary/aromatic N) is 1. The molecular weight excluding hydrogens is 326 g/mol. The van der Waals surface area contributed by atoms with E-state index >= 15 is 0 Å². The summed E-state index contributed by atoms with van der Waals surface area (Å²) in [5.74, 6) is 0. The zero-order valence-corrected chi connectivity index (χ0v) is 18.6. The maximum Gasteiger partial charge on any atom is 0.104 e. The van der Waals surface area contributed by atoms with Crippen molar-refractivity contribution in [3.8, 4) is 0 Å². The van der Waals surface area contributed by atoms with Crippen LogP contribution >= 0.6 is 0 Å². The summed E-state index contributed by atoms with van der Waals surface area (Å²) in [5, 5.41) is 0. The third kappa shape index (κ3) is 14.6. The van der Waals surface area contributed by atoms with Crippen LogP contribution in [0.4, 0.5) is 0 Å². The molecule has 0 aliphatic rings. The number of hydrogen-bond donors (Lipinski definition) is 0. The first-order valence-electron chi connectivity index (χ1n) is 11.6. The van der Waals surface area contributed by atoms with Crippen LogP contribution in [0.15, 0.2) is 42.5 Å². The molecule has 1 aromatic carbocycles. The lowest BCUT2D eigenvalue weighted by Gasteiger charge is -2.30. The van der Waals surface area contributed by atoms with Gasteiger partial charge in [-0.3, -0.25) is 0 Å². The van der Waals surface area contributed by atoms with E-state index in [1.165, 1.54) is 95.6 Å². The Morgan fingerprint density at radius 2 is 1.19 bits per heavy atom. The van der Waals surface area contributed by atoms with Crippen molar-refractivity contribution < 1.29 is 4.48 Å². The van der Waals surface area contributed by atoms with E-state index in [0.29, 0.717) is 0 Å². The molecular formula is C26H46N+. The van der Waals surface area contributed by atoms with E-state index < -0.39 is 0 Å². The molecule has 1 heteroatoms. The Morgan fingerprint density at radius 1 is 0.667 bits per heavy atom. The molecule has 27 heavy (non-hydrogen) atoms. The van der Waals surface area contributed by atoms with Gasteiger partial charge in [0.25, 0.3) is 0 Å². The number of unbranched alkanes of at least 4 members (excludes halogenated alkanes) is 11. The standard InChI is InChI=1S/C26H46N/c1-4-5-6-7-8-9-10-11-12-13-14-15-16-17-21-24-27(2,3)25-26-22-19-18-20-23-26/h10-11,18-20,22-23H,4-9,12-17,21,24-25H2,1-3H3/q+1. The lowest BCUT2D eigenvalue weighted by molar-refractivity contribution is -0.903. The van der Waals surface area contributed by atoms with Crippen molar-refractivity contribution in [3.63, 3.8) is 0 Å². The second-order valence-corrected chi connectivity index (χ2v) is 8.89. The Kier molecular flexibility index (Phi) is 14.1. The highest BCUT2D eigenvalue weighted by atomic mass is 15.3. The summed E-state index contributed by atoms with van der Waals surface area (Å²) in [5.41, 5.74) is 1.46. The van der Waals surface area contributed by atoms with E-state index in [0.717, 1.165) is 11.0 Å². The number of rotatable bonds is 17. The topological polar surface area (TPSA) is 0 Å². The van der Waals surface area contributed by atoms with Crippen LogP contribution in [0, 0.1) is 0 Å². The average molecular weight is 373 g/mol. The SMILES string of the molecule is CCCCCCCC=CCCCCCCCC[N+](C)(C)Cc1ccccc1. The van der Waals surface area contributed by atoms with E-state index in [1.54, 1.807) is 0 Å². The summed E-state index contributed by atoms with van der Waals surface area (Å²) in [6.07, 6.45) is 22.8. The number of hydrogen-bond acceptors (Lipinski definition) is 0. The molecule has 0 spiro atoms. The quantitative estimate of drug-likeness (QED) is 0.148. The van der Waals surface area contributed by atoms with Crippen molar-refractivity contribution in [3.05, 3.63) is 48.0 Å². The third-order valence-electron chi connectivity index (χ3n) is 5.48. The predicted molar refractivity (Wildman–Crippen MR) is 122 cm³/mol. The Morgan fingerprint density at radius 3 is 1.78 bits per heavy atom. The number of benzene rings is 1. The Labute approximate surface area is 170 Å². The molecule has 0 heterocycles. The van der Waals surface area contributed by atoms with Gasteiger partial charge in [-0.1, -0.05) is 94.4 Å². The molecule has 0 bridgehead atoms. The maximum atomic E-state index is 2.42. The molecule has 0 atom stereocenters. The minimum absolute atomic E-state index is 1.10. The molecule has 0 fully saturated rings. The molecule has 0 N–H and O–H groups in total. The van der Waals surface area contributed by atoms with Gasteiger partial charge in [-0.05, 0) is 38.5 Å². The fourth-order valence-electron chi connectivity index (χ4n) is 3.77. The van der Waals surface area contributed by atoms with Crippen LogP contribution in [0.1, 0.15) is 96.0 Å². The first-order valence-corrected chi connectivity index (χ1v) is 11.6. The van der Waals surface area contributed by atoms with Gasteiger partial charge in [0.15, 0.2) is 0 Å². The van der Waals surface area contributed by atoms with Crippen molar-refractivity contribution in [2.75, 3.05) is 20.6 Å². The van der Waals surface area contributed by atoms with Crippen molar-refractivity contribution in [2.24, 2.45) is 0 Å². The van der Waals surface area contributed by atoms with Gasteiger partial charge in [0.2, 0.25) is 0 Å². The fraction of sp³-hybridized carbons (Fsp3) is 0.692. The summed E-state index contributed by atoms with van der Waals surface area (Å²) >= 11 is 0. The highest BCUT2D eigenvalue weighted by Gasteiger charge is 2.14. The lowest BCUT2D eigenvalue weighted by atomic mass is 10.1. The van der Waals surface area contributed by atoms with E-state index in [1.807, 2.05) is 0 Å². The van der Waals surface area contributed by atoms with Crippen LogP contribution in [0.25, 0.3) is 0 Å². The smallest absolute Gasteiger partial charge is 0.104 e. The average Bonchev–Trinajstić information content (AvgIpc) is 2.65. The van der Waals surface area contributed by atoms with Crippen LogP contribution in [0.5, 0.6) is 0 Å². The molecule has 0 saturated carbocycles. The van der Waals surface area contributed by atoms with Gasteiger partial charge < -0.3 is 4.48 Å². The third-order valence-corrected chi connectivity index (χ3v) is 5.48. The normalized spacial score (nSPS) is 12.1. The van der Waals surface area contributed by atoms with Gasteiger partial charge in [-0.25, -0.2) is 0 Å². The van der Waals surface area contributed by atoms with Crippen molar-refractivity contribution >= 4 is 0 Å². The molecule has 154 valence electrons. The summed E-state index contributed by atoms with van der Waals surface area (Å²) in [4.78, 5) is 0. The van der Waals surface area contributed by atoms with E-state index in [9.17, 15) is 0 Å². The van der Waals surface area contributed by atoms with Gasteiger partial charge in [-0.15, -0.1) is 0 Å².